The molecule has 2 saturated carbocycles. The van der Waals surface area contributed by atoms with Gasteiger partial charge in [0.1, 0.15) is 0 Å². The number of thioether (sulfide) groups is 1. The Morgan fingerprint density at radius 2 is 1.96 bits per heavy atom. The molecule has 5 rings (SSSR count). The maximum atomic E-state index is 12.0. The maximum Gasteiger partial charge on any atom is 0.337 e. The number of carbonyl (C=O) groups excluding carboxylic acids is 1. The van der Waals surface area contributed by atoms with Gasteiger partial charge in [-0.2, -0.15) is 0 Å². The zero-order valence-electron chi connectivity index (χ0n) is 13.9. The smallest absolute Gasteiger partial charge is 0.337 e. The Morgan fingerprint density at radius 3 is 2.72 bits per heavy atom. The van der Waals surface area contributed by atoms with E-state index in [1.165, 1.54) is 48.1 Å². The highest BCUT2D eigenvalue weighted by Crippen LogP contribution is 2.63. The molecule has 3 aliphatic rings. The molecular formula is C19H19NO3S2. The second-order valence-electron chi connectivity index (χ2n) is 7.29. The molecule has 130 valence electrons. The van der Waals surface area contributed by atoms with Gasteiger partial charge in [0.2, 0.25) is 0 Å². The van der Waals surface area contributed by atoms with Crippen LogP contribution in [0.4, 0.5) is 0 Å². The van der Waals surface area contributed by atoms with Crippen molar-refractivity contribution >= 4 is 29.1 Å². The van der Waals surface area contributed by atoms with Crippen LogP contribution < -0.4 is 4.87 Å². The van der Waals surface area contributed by atoms with Crippen LogP contribution in [0.3, 0.4) is 0 Å². The second kappa shape index (κ2) is 5.74. The first-order chi connectivity index (χ1) is 12.2. The van der Waals surface area contributed by atoms with Gasteiger partial charge in [-0.1, -0.05) is 23.5 Å². The number of thiazole rings is 1. The van der Waals surface area contributed by atoms with Gasteiger partial charge in [-0.15, -0.1) is 11.8 Å². The number of carbonyl (C=O) groups is 1. The van der Waals surface area contributed by atoms with Crippen molar-refractivity contribution in [3.63, 3.8) is 0 Å². The molecule has 0 saturated heterocycles. The third-order valence-electron chi connectivity index (χ3n) is 6.16. The molecule has 2 heterocycles. The summed E-state index contributed by atoms with van der Waals surface area (Å²) in [7, 11) is 1.40. The van der Waals surface area contributed by atoms with Crippen molar-refractivity contribution in [2.75, 3.05) is 7.11 Å². The van der Waals surface area contributed by atoms with Crippen LogP contribution in [-0.2, 0) is 4.74 Å². The lowest BCUT2D eigenvalue weighted by Gasteiger charge is -2.40. The minimum Gasteiger partial charge on any atom is -0.465 e. The molecule has 2 fully saturated rings. The summed E-state index contributed by atoms with van der Waals surface area (Å²) in [4.78, 5) is 28.0. The first-order valence-corrected chi connectivity index (χ1v) is 10.4. The monoisotopic (exact) mass is 373 g/mol. The number of benzene rings is 1. The lowest BCUT2D eigenvalue weighted by molar-refractivity contribution is 0.0600. The number of rotatable bonds is 2. The Hall–Kier alpha value is -1.53. The van der Waals surface area contributed by atoms with Crippen molar-refractivity contribution in [2.45, 2.75) is 35.5 Å². The van der Waals surface area contributed by atoms with E-state index in [4.69, 9.17) is 4.74 Å². The minimum atomic E-state index is -0.310. The number of nitrogens with one attached hydrogen (secondary N) is 1. The summed E-state index contributed by atoms with van der Waals surface area (Å²) in [5.74, 6) is 2.11. The molecule has 1 aliphatic heterocycles. The number of hydrogen-bond acceptors (Lipinski definition) is 5. The molecule has 0 unspecified atom stereocenters. The van der Waals surface area contributed by atoms with Crippen LogP contribution in [0, 0.1) is 17.8 Å². The molecule has 1 aromatic heterocycles. The number of methoxy groups -OCH3 is 1. The Bertz CT molecular complexity index is 885. The van der Waals surface area contributed by atoms with E-state index in [9.17, 15) is 9.59 Å². The van der Waals surface area contributed by atoms with Crippen LogP contribution in [0.2, 0.25) is 0 Å². The molecule has 0 amide bonds. The quantitative estimate of drug-likeness (QED) is 0.812. The van der Waals surface area contributed by atoms with Crippen molar-refractivity contribution in [1.29, 1.82) is 0 Å². The molecule has 0 spiro atoms. The summed E-state index contributed by atoms with van der Waals surface area (Å²) in [5.41, 5.74) is 1.79. The number of H-pyrrole nitrogens is 1. The highest BCUT2D eigenvalue weighted by Gasteiger charge is 2.54. The number of fused-ring (bicyclic) bond motifs is 6. The number of aromatic amines is 1. The van der Waals surface area contributed by atoms with E-state index in [-0.39, 0.29) is 16.8 Å². The summed E-state index contributed by atoms with van der Waals surface area (Å²) < 4.78 is 4.80. The fourth-order valence-corrected chi connectivity index (χ4v) is 8.06. The molecule has 4 nitrogen and oxygen atoms in total. The number of aromatic nitrogens is 1. The zero-order valence-corrected chi connectivity index (χ0v) is 15.5. The van der Waals surface area contributed by atoms with Gasteiger partial charge in [0.15, 0.2) is 0 Å². The molecule has 5 atom stereocenters. The number of hydrogen-bond donors (Lipinski definition) is 1. The summed E-state index contributed by atoms with van der Waals surface area (Å²) >= 11 is 3.26. The van der Waals surface area contributed by atoms with Gasteiger partial charge < -0.3 is 9.72 Å². The van der Waals surface area contributed by atoms with Crippen LogP contribution >= 0.6 is 23.1 Å². The maximum absolute atomic E-state index is 12.0. The molecule has 2 aromatic rings. The van der Waals surface area contributed by atoms with E-state index in [1.54, 1.807) is 0 Å². The third-order valence-corrected chi connectivity index (χ3v) is 8.78. The molecular weight excluding hydrogens is 354 g/mol. The van der Waals surface area contributed by atoms with Gasteiger partial charge in [0, 0.05) is 16.0 Å². The average molecular weight is 373 g/mol. The molecule has 2 aliphatic carbocycles. The van der Waals surface area contributed by atoms with Gasteiger partial charge in [0.05, 0.1) is 17.7 Å². The van der Waals surface area contributed by atoms with Crippen molar-refractivity contribution < 1.29 is 9.53 Å². The number of esters is 1. The molecule has 25 heavy (non-hydrogen) atoms. The highest BCUT2D eigenvalue weighted by molar-refractivity contribution is 8.00. The fraction of sp³-hybridized carbons (Fsp3) is 0.474. The largest absolute Gasteiger partial charge is 0.465 e. The first-order valence-electron chi connectivity index (χ1n) is 8.73. The first kappa shape index (κ1) is 15.7. The summed E-state index contributed by atoms with van der Waals surface area (Å²) in [5, 5.41) is 1.69. The molecule has 6 heteroatoms. The predicted molar refractivity (Wildman–Crippen MR) is 98.5 cm³/mol. The van der Waals surface area contributed by atoms with Crippen LogP contribution in [-0.4, -0.2) is 23.3 Å². The van der Waals surface area contributed by atoms with Crippen LogP contribution in [0.15, 0.2) is 34.1 Å². The molecule has 1 N–H and O–H groups in total. The summed E-state index contributed by atoms with van der Waals surface area (Å²) in [6.07, 6.45) is 3.98. The van der Waals surface area contributed by atoms with Gasteiger partial charge in [-0.25, -0.2) is 4.79 Å². The van der Waals surface area contributed by atoms with Gasteiger partial charge in [0.25, 0.3) is 0 Å². The fourth-order valence-electron chi connectivity index (χ4n) is 5.17. The Labute approximate surface area is 154 Å². The predicted octanol–water partition coefficient (Wildman–Crippen LogP) is 3.88. The Balaban J connectivity index is 1.60. The number of ether oxygens (including phenoxy) is 1. The minimum absolute atomic E-state index is 0.0426. The van der Waals surface area contributed by atoms with Crippen molar-refractivity contribution in [3.8, 4) is 0 Å². The molecule has 2 bridgehead atoms. The zero-order chi connectivity index (χ0) is 17.1. The Kier molecular flexibility index (Phi) is 3.61. The highest BCUT2D eigenvalue weighted by atomic mass is 32.2. The van der Waals surface area contributed by atoms with E-state index in [2.05, 4.69) is 4.98 Å². The van der Waals surface area contributed by atoms with E-state index in [0.29, 0.717) is 16.7 Å². The lowest BCUT2D eigenvalue weighted by atomic mass is 9.75. The topological polar surface area (TPSA) is 59.2 Å². The van der Waals surface area contributed by atoms with Gasteiger partial charge >= 0.3 is 10.8 Å². The molecule has 0 radical (unpaired) electrons. The van der Waals surface area contributed by atoms with Crippen molar-refractivity contribution in [1.82, 2.24) is 4.98 Å². The van der Waals surface area contributed by atoms with Crippen molar-refractivity contribution in [2.24, 2.45) is 17.8 Å². The van der Waals surface area contributed by atoms with Crippen LogP contribution in [0.25, 0.3) is 0 Å². The third kappa shape index (κ3) is 2.34. The SMILES string of the molecule is COC(=O)c1ccc([C@@H]2c3sc(=O)[nH]c3S[C@@H]3[C@@H]4CC[C@H](C4)[C@H]23)cc1. The second-order valence-corrected chi connectivity index (χ2v) is 9.50. The normalized spacial score (nSPS) is 32.3. The van der Waals surface area contributed by atoms with E-state index in [1.807, 2.05) is 36.0 Å². The van der Waals surface area contributed by atoms with E-state index in [0.717, 1.165) is 16.9 Å². The van der Waals surface area contributed by atoms with E-state index < -0.39 is 0 Å². The summed E-state index contributed by atoms with van der Waals surface area (Å²) in [6.45, 7) is 0. The standard InChI is InChI=1S/C19H19NO3S2/c1-23-18(21)10-4-2-9(3-5-10)13-14-11-6-7-12(8-11)15(14)24-17-16(13)25-19(22)20-17/h2-5,11-15H,6-8H2,1H3,(H,20,22)/t11-,12-,13+,14-,15-/m1/s1. The van der Waals surface area contributed by atoms with E-state index >= 15 is 0 Å². The summed E-state index contributed by atoms with van der Waals surface area (Å²) in [6, 6.07) is 7.79. The lowest BCUT2D eigenvalue weighted by Crippen LogP contribution is -2.33. The average Bonchev–Trinajstić information content (AvgIpc) is 3.33. The van der Waals surface area contributed by atoms with Gasteiger partial charge in [-0.05, 0) is 54.7 Å². The molecule has 1 aromatic carbocycles. The Morgan fingerprint density at radius 1 is 1.20 bits per heavy atom. The van der Waals surface area contributed by atoms with Crippen LogP contribution in [0.5, 0.6) is 0 Å². The van der Waals surface area contributed by atoms with Crippen LogP contribution in [0.1, 0.15) is 46.0 Å². The van der Waals surface area contributed by atoms with Crippen molar-refractivity contribution in [3.05, 3.63) is 49.9 Å². The van der Waals surface area contributed by atoms with Gasteiger partial charge in [-0.3, -0.25) is 4.79 Å².